The Morgan fingerprint density at radius 1 is 1.38 bits per heavy atom. The summed E-state index contributed by atoms with van der Waals surface area (Å²) in [6.07, 6.45) is -1.02. The monoisotopic (exact) mass is 302 g/mol. The molecule has 0 aliphatic heterocycles. The number of carbonyl (C=O) groups excluding carboxylic acids is 1. The summed E-state index contributed by atoms with van der Waals surface area (Å²) in [6.45, 7) is 5.33. The molecule has 1 N–H and O–H groups in total. The molecule has 1 amide bonds. The Labute approximate surface area is 121 Å². The Balaban J connectivity index is 2.53. The second-order valence-electron chi connectivity index (χ2n) is 5.25. The van der Waals surface area contributed by atoms with Gasteiger partial charge in [0.1, 0.15) is 5.60 Å². The van der Waals surface area contributed by atoms with Gasteiger partial charge in [-0.3, -0.25) is 4.98 Å². The lowest BCUT2D eigenvalue weighted by Gasteiger charge is -2.19. The van der Waals surface area contributed by atoms with Crippen molar-refractivity contribution >= 4 is 12.2 Å². The first-order chi connectivity index (χ1) is 9.58. The summed E-state index contributed by atoms with van der Waals surface area (Å²) in [7, 11) is 0. The van der Waals surface area contributed by atoms with Crippen LogP contribution >= 0.6 is 0 Å². The van der Waals surface area contributed by atoms with Gasteiger partial charge < -0.3 is 10.1 Å². The van der Waals surface area contributed by atoms with Crippen molar-refractivity contribution in [3.63, 3.8) is 0 Å². The number of pyridine rings is 1. The smallest absolute Gasteiger partial charge is 0.416 e. The first-order valence-electron chi connectivity index (χ1n) is 6.24. The molecule has 21 heavy (non-hydrogen) atoms. The number of hydrogen-bond acceptors (Lipinski definition) is 3. The highest BCUT2D eigenvalue weighted by Gasteiger charge is 2.30. The van der Waals surface area contributed by atoms with Crippen LogP contribution in [0.2, 0.25) is 0 Å². The predicted molar refractivity (Wildman–Crippen MR) is 72.5 cm³/mol. The van der Waals surface area contributed by atoms with E-state index in [1.54, 1.807) is 20.8 Å². The molecular formula is C14H17F3N2O2. The zero-order valence-electron chi connectivity index (χ0n) is 12.0. The fourth-order valence-corrected chi connectivity index (χ4v) is 1.35. The van der Waals surface area contributed by atoms with Gasteiger partial charge >= 0.3 is 12.3 Å². The largest absolute Gasteiger partial charge is 0.444 e. The minimum Gasteiger partial charge on any atom is -0.444 e. The topological polar surface area (TPSA) is 51.2 Å². The summed E-state index contributed by atoms with van der Waals surface area (Å²) >= 11 is 0. The van der Waals surface area contributed by atoms with Gasteiger partial charge in [-0.1, -0.05) is 6.08 Å². The zero-order valence-corrected chi connectivity index (χ0v) is 12.0. The molecule has 0 bridgehead atoms. The van der Waals surface area contributed by atoms with E-state index < -0.39 is 23.4 Å². The maximum absolute atomic E-state index is 12.5. The summed E-state index contributed by atoms with van der Waals surface area (Å²) in [5, 5.41) is 2.46. The molecule has 7 heteroatoms. The van der Waals surface area contributed by atoms with Crippen molar-refractivity contribution in [1.29, 1.82) is 0 Å². The Morgan fingerprint density at radius 2 is 2.05 bits per heavy atom. The molecule has 0 saturated carbocycles. The number of alkyl carbamates (subject to hydrolysis) is 1. The molecule has 4 nitrogen and oxygen atoms in total. The van der Waals surface area contributed by atoms with Crippen LogP contribution in [0.1, 0.15) is 32.0 Å². The molecule has 0 saturated heterocycles. The van der Waals surface area contributed by atoms with Crippen LogP contribution in [-0.4, -0.2) is 23.2 Å². The quantitative estimate of drug-likeness (QED) is 0.927. The van der Waals surface area contributed by atoms with Gasteiger partial charge in [-0.05, 0) is 39.0 Å². The molecule has 0 radical (unpaired) electrons. The van der Waals surface area contributed by atoms with E-state index in [0.29, 0.717) is 0 Å². The van der Waals surface area contributed by atoms with Crippen LogP contribution in [0.4, 0.5) is 18.0 Å². The van der Waals surface area contributed by atoms with Crippen LogP contribution in [0.3, 0.4) is 0 Å². The van der Waals surface area contributed by atoms with E-state index in [1.807, 2.05) is 0 Å². The Bertz CT molecular complexity index is 520. The van der Waals surface area contributed by atoms with Gasteiger partial charge in [0.05, 0.1) is 11.3 Å². The Hall–Kier alpha value is -2.05. The summed E-state index contributed by atoms with van der Waals surface area (Å²) in [6, 6.07) is 1.83. The highest BCUT2D eigenvalue weighted by molar-refractivity contribution is 5.68. The van der Waals surface area contributed by atoms with Crippen LogP contribution < -0.4 is 5.32 Å². The molecule has 1 aromatic rings. The number of hydrogen-bond donors (Lipinski definition) is 1. The van der Waals surface area contributed by atoms with E-state index in [0.717, 1.165) is 18.3 Å². The number of alkyl halides is 3. The van der Waals surface area contributed by atoms with Crippen LogP contribution in [-0.2, 0) is 10.9 Å². The standard InChI is InChI=1S/C14H17F3N2O2/c1-13(2,3)21-12(20)19-7-4-5-11-9-10(6-8-18-11)14(15,16)17/h4-6,8-9H,7H2,1-3H3,(H,19,20). The highest BCUT2D eigenvalue weighted by Crippen LogP contribution is 2.29. The third-order valence-electron chi connectivity index (χ3n) is 2.16. The number of halogens is 3. The highest BCUT2D eigenvalue weighted by atomic mass is 19.4. The molecule has 0 fully saturated rings. The van der Waals surface area contributed by atoms with Gasteiger partial charge in [0, 0.05) is 12.7 Å². The minimum absolute atomic E-state index is 0.132. The van der Waals surface area contributed by atoms with Crippen molar-refractivity contribution in [2.45, 2.75) is 32.5 Å². The number of rotatable bonds is 3. The second kappa shape index (κ2) is 6.60. The molecule has 0 spiro atoms. The molecule has 1 aromatic heterocycles. The van der Waals surface area contributed by atoms with E-state index in [-0.39, 0.29) is 12.2 Å². The van der Waals surface area contributed by atoms with E-state index in [2.05, 4.69) is 10.3 Å². The SMILES string of the molecule is CC(C)(C)OC(=O)NCC=Cc1cc(C(F)(F)F)ccn1. The van der Waals surface area contributed by atoms with Gasteiger partial charge in [0.2, 0.25) is 0 Å². The van der Waals surface area contributed by atoms with Gasteiger partial charge in [-0.15, -0.1) is 0 Å². The van der Waals surface area contributed by atoms with Crippen LogP contribution in [0, 0.1) is 0 Å². The van der Waals surface area contributed by atoms with Gasteiger partial charge in [-0.25, -0.2) is 4.79 Å². The first-order valence-corrected chi connectivity index (χ1v) is 6.24. The van der Waals surface area contributed by atoms with Crippen molar-refractivity contribution in [1.82, 2.24) is 10.3 Å². The minimum atomic E-state index is -4.40. The number of nitrogens with one attached hydrogen (secondary N) is 1. The normalized spacial score (nSPS) is 12.5. The Kier molecular flexibility index (Phi) is 5.34. The number of amides is 1. The van der Waals surface area contributed by atoms with Crippen molar-refractivity contribution in [2.24, 2.45) is 0 Å². The second-order valence-corrected chi connectivity index (χ2v) is 5.25. The van der Waals surface area contributed by atoms with Crippen LogP contribution in [0.15, 0.2) is 24.4 Å². The van der Waals surface area contributed by atoms with E-state index in [9.17, 15) is 18.0 Å². The van der Waals surface area contributed by atoms with Crippen molar-refractivity contribution in [2.75, 3.05) is 6.54 Å². The fourth-order valence-electron chi connectivity index (χ4n) is 1.35. The average Bonchev–Trinajstić information content (AvgIpc) is 2.32. The van der Waals surface area contributed by atoms with Crippen molar-refractivity contribution < 1.29 is 22.7 Å². The third kappa shape index (κ3) is 6.78. The number of ether oxygens (including phenoxy) is 1. The molecular weight excluding hydrogens is 285 g/mol. The lowest BCUT2D eigenvalue weighted by Crippen LogP contribution is -2.32. The molecule has 0 atom stereocenters. The van der Waals surface area contributed by atoms with Crippen LogP contribution in [0.25, 0.3) is 6.08 Å². The van der Waals surface area contributed by atoms with Gasteiger partial charge in [-0.2, -0.15) is 13.2 Å². The maximum Gasteiger partial charge on any atom is 0.416 e. The molecule has 1 heterocycles. The number of carbonyl (C=O) groups is 1. The van der Waals surface area contributed by atoms with E-state index in [1.165, 1.54) is 12.2 Å². The summed E-state index contributed by atoms with van der Waals surface area (Å²) in [5.41, 5.74) is -1.20. The van der Waals surface area contributed by atoms with E-state index in [4.69, 9.17) is 4.74 Å². The molecule has 0 unspecified atom stereocenters. The lowest BCUT2D eigenvalue weighted by molar-refractivity contribution is -0.137. The van der Waals surface area contributed by atoms with E-state index >= 15 is 0 Å². The fraction of sp³-hybridized carbons (Fsp3) is 0.429. The van der Waals surface area contributed by atoms with Gasteiger partial charge in [0.15, 0.2) is 0 Å². The maximum atomic E-state index is 12.5. The number of aromatic nitrogens is 1. The predicted octanol–water partition coefficient (Wildman–Crippen LogP) is 3.64. The van der Waals surface area contributed by atoms with Crippen molar-refractivity contribution in [3.05, 3.63) is 35.7 Å². The summed E-state index contributed by atoms with van der Waals surface area (Å²) in [4.78, 5) is 15.1. The Morgan fingerprint density at radius 3 is 2.62 bits per heavy atom. The third-order valence-corrected chi connectivity index (χ3v) is 2.16. The van der Waals surface area contributed by atoms with Crippen molar-refractivity contribution in [3.8, 4) is 0 Å². The lowest BCUT2D eigenvalue weighted by atomic mass is 10.2. The molecule has 0 aromatic carbocycles. The van der Waals surface area contributed by atoms with Crippen LogP contribution in [0.5, 0.6) is 0 Å². The summed E-state index contributed by atoms with van der Waals surface area (Å²) in [5.74, 6) is 0. The summed E-state index contributed by atoms with van der Waals surface area (Å²) < 4.78 is 42.5. The first kappa shape index (κ1) is 17.0. The van der Waals surface area contributed by atoms with Gasteiger partial charge in [0.25, 0.3) is 0 Å². The molecule has 116 valence electrons. The molecule has 0 aliphatic rings. The molecule has 1 rings (SSSR count). The number of nitrogens with zero attached hydrogens (tertiary/aromatic N) is 1. The average molecular weight is 302 g/mol. The molecule has 0 aliphatic carbocycles. The zero-order chi connectivity index (χ0) is 16.1.